The zero-order valence-corrected chi connectivity index (χ0v) is 12.8. The molecule has 1 aliphatic heterocycles. The topological polar surface area (TPSA) is 89.3 Å². The van der Waals surface area contributed by atoms with Crippen LogP contribution >= 0.6 is 11.5 Å². The zero-order valence-electron chi connectivity index (χ0n) is 11.9. The van der Waals surface area contributed by atoms with Gasteiger partial charge in [0.1, 0.15) is 10.6 Å². The van der Waals surface area contributed by atoms with E-state index in [1.54, 1.807) is 0 Å². The number of anilines is 2. The smallest absolute Gasteiger partial charge is 0.258 e. The van der Waals surface area contributed by atoms with E-state index in [0.717, 1.165) is 37.6 Å². The minimum absolute atomic E-state index is 0.0742. The second-order valence-corrected chi connectivity index (χ2v) is 6.11. The molecule has 1 amide bonds. The first kappa shape index (κ1) is 15.1. The van der Waals surface area contributed by atoms with Crippen LogP contribution in [0.1, 0.15) is 37.0 Å². The van der Waals surface area contributed by atoms with Crippen LogP contribution < -0.4 is 16.4 Å². The first-order valence-electron chi connectivity index (χ1n) is 6.95. The van der Waals surface area contributed by atoms with Crippen LogP contribution in [0.2, 0.25) is 0 Å². The van der Waals surface area contributed by atoms with Gasteiger partial charge in [-0.3, -0.25) is 4.79 Å². The SMILES string of the molecule is CC(C)NC(=O)c1c(N)nsc1NCC1CCOCC1. The number of nitrogens with zero attached hydrogens (tertiary/aromatic N) is 1. The fourth-order valence-electron chi connectivity index (χ4n) is 2.16. The Hall–Kier alpha value is -1.34. The Morgan fingerprint density at radius 1 is 1.50 bits per heavy atom. The lowest BCUT2D eigenvalue weighted by molar-refractivity contribution is 0.0699. The summed E-state index contributed by atoms with van der Waals surface area (Å²) in [4.78, 5) is 12.1. The van der Waals surface area contributed by atoms with Gasteiger partial charge in [-0.05, 0) is 44.1 Å². The predicted octanol–water partition coefficient (Wildman–Crippen LogP) is 1.70. The van der Waals surface area contributed by atoms with Gasteiger partial charge in [-0.15, -0.1) is 0 Å². The van der Waals surface area contributed by atoms with Crippen LogP contribution in [0.15, 0.2) is 0 Å². The maximum absolute atomic E-state index is 12.1. The van der Waals surface area contributed by atoms with Gasteiger partial charge in [0.05, 0.1) is 0 Å². The lowest BCUT2D eigenvalue weighted by Gasteiger charge is -2.22. The van der Waals surface area contributed by atoms with E-state index in [0.29, 0.717) is 17.3 Å². The summed E-state index contributed by atoms with van der Waals surface area (Å²) in [5.41, 5.74) is 6.27. The molecule has 1 fully saturated rings. The monoisotopic (exact) mass is 298 g/mol. The number of ether oxygens (including phenoxy) is 1. The highest BCUT2D eigenvalue weighted by molar-refractivity contribution is 7.11. The number of amides is 1. The molecule has 2 heterocycles. The van der Waals surface area contributed by atoms with Gasteiger partial charge in [0.15, 0.2) is 5.82 Å². The Kier molecular flexibility index (Phi) is 5.19. The standard InChI is InChI=1S/C13H22N4O2S/c1-8(2)16-12(18)10-11(14)17-20-13(10)15-7-9-3-5-19-6-4-9/h8-9,15H,3-7H2,1-2H3,(H2,14,17)(H,16,18). The van der Waals surface area contributed by atoms with Crippen LogP contribution in [-0.4, -0.2) is 36.1 Å². The molecule has 4 N–H and O–H groups in total. The fourth-order valence-corrected chi connectivity index (χ4v) is 2.88. The first-order valence-corrected chi connectivity index (χ1v) is 7.73. The molecule has 0 radical (unpaired) electrons. The Morgan fingerprint density at radius 2 is 2.20 bits per heavy atom. The summed E-state index contributed by atoms with van der Waals surface area (Å²) in [6.45, 7) is 6.30. The number of carbonyl (C=O) groups excluding carboxylic acids is 1. The molecule has 1 aromatic rings. The third kappa shape index (κ3) is 3.83. The predicted molar refractivity (Wildman–Crippen MR) is 81.2 cm³/mol. The minimum atomic E-state index is -0.166. The summed E-state index contributed by atoms with van der Waals surface area (Å²) >= 11 is 1.24. The van der Waals surface area contributed by atoms with Crippen LogP contribution in [-0.2, 0) is 4.74 Å². The number of rotatable bonds is 5. The molecule has 0 aliphatic carbocycles. The van der Waals surface area contributed by atoms with Gasteiger partial charge in [-0.2, -0.15) is 4.37 Å². The van der Waals surface area contributed by atoms with Gasteiger partial charge in [0.2, 0.25) is 0 Å². The van der Waals surface area contributed by atoms with Gasteiger partial charge < -0.3 is 21.1 Å². The normalized spacial score (nSPS) is 16.4. The number of nitrogens with two attached hydrogens (primary N) is 1. The van der Waals surface area contributed by atoms with E-state index in [9.17, 15) is 4.79 Å². The molecule has 2 rings (SSSR count). The van der Waals surface area contributed by atoms with Crippen molar-refractivity contribution >= 4 is 28.3 Å². The summed E-state index contributed by atoms with van der Waals surface area (Å²) in [6, 6.07) is 0.0742. The van der Waals surface area contributed by atoms with Crippen molar-refractivity contribution in [1.82, 2.24) is 9.69 Å². The molecule has 1 aromatic heterocycles. The number of nitrogen functional groups attached to an aromatic ring is 1. The van der Waals surface area contributed by atoms with Crippen LogP contribution in [0.25, 0.3) is 0 Å². The molecule has 7 heteroatoms. The molecule has 0 spiro atoms. The number of hydrogen-bond acceptors (Lipinski definition) is 6. The maximum Gasteiger partial charge on any atom is 0.258 e. The van der Waals surface area contributed by atoms with Crippen molar-refractivity contribution in [1.29, 1.82) is 0 Å². The summed E-state index contributed by atoms with van der Waals surface area (Å²) in [7, 11) is 0. The second kappa shape index (κ2) is 6.90. The molecule has 20 heavy (non-hydrogen) atoms. The van der Waals surface area contributed by atoms with Crippen molar-refractivity contribution in [2.75, 3.05) is 30.8 Å². The van der Waals surface area contributed by atoms with Crippen molar-refractivity contribution < 1.29 is 9.53 Å². The van der Waals surface area contributed by atoms with E-state index in [1.807, 2.05) is 13.8 Å². The van der Waals surface area contributed by atoms with Crippen molar-refractivity contribution in [3.8, 4) is 0 Å². The largest absolute Gasteiger partial charge is 0.382 e. The summed E-state index contributed by atoms with van der Waals surface area (Å²) in [5, 5.41) is 6.93. The molecule has 0 atom stereocenters. The highest BCUT2D eigenvalue weighted by Gasteiger charge is 2.21. The van der Waals surface area contributed by atoms with Gasteiger partial charge in [0.25, 0.3) is 5.91 Å². The van der Waals surface area contributed by atoms with E-state index in [1.165, 1.54) is 11.5 Å². The Balaban J connectivity index is 1.99. The number of hydrogen-bond donors (Lipinski definition) is 3. The van der Waals surface area contributed by atoms with Gasteiger partial charge in [0, 0.05) is 25.8 Å². The van der Waals surface area contributed by atoms with Crippen molar-refractivity contribution in [2.24, 2.45) is 5.92 Å². The van der Waals surface area contributed by atoms with Crippen LogP contribution in [0, 0.1) is 5.92 Å². The summed E-state index contributed by atoms with van der Waals surface area (Å²) < 4.78 is 9.42. The van der Waals surface area contributed by atoms with Crippen molar-refractivity contribution in [2.45, 2.75) is 32.7 Å². The van der Waals surface area contributed by atoms with Crippen molar-refractivity contribution in [3.63, 3.8) is 0 Å². The molecule has 6 nitrogen and oxygen atoms in total. The molecular formula is C13H22N4O2S. The number of aromatic nitrogens is 1. The first-order chi connectivity index (χ1) is 9.58. The fraction of sp³-hybridized carbons (Fsp3) is 0.692. The van der Waals surface area contributed by atoms with Gasteiger partial charge in [-0.25, -0.2) is 0 Å². The average molecular weight is 298 g/mol. The lowest BCUT2D eigenvalue weighted by Crippen LogP contribution is -2.31. The van der Waals surface area contributed by atoms with Crippen LogP contribution in [0.3, 0.4) is 0 Å². The van der Waals surface area contributed by atoms with E-state index in [-0.39, 0.29) is 11.9 Å². The molecule has 0 aromatic carbocycles. The number of carbonyl (C=O) groups is 1. The van der Waals surface area contributed by atoms with E-state index >= 15 is 0 Å². The van der Waals surface area contributed by atoms with Crippen molar-refractivity contribution in [3.05, 3.63) is 5.56 Å². The van der Waals surface area contributed by atoms with E-state index < -0.39 is 0 Å². The lowest BCUT2D eigenvalue weighted by atomic mass is 10.0. The third-order valence-corrected chi connectivity index (χ3v) is 4.08. The minimum Gasteiger partial charge on any atom is -0.382 e. The average Bonchev–Trinajstić information content (AvgIpc) is 2.78. The summed E-state index contributed by atoms with van der Waals surface area (Å²) in [5.74, 6) is 0.705. The number of nitrogens with one attached hydrogen (secondary N) is 2. The van der Waals surface area contributed by atoms with Gasteiger partial charge in [-0.1, -0.05) is 0 Å². The quantitative estimate of drug-likeness (QED) is 0.770. The highest BCUT2D eigenvalue weighted by atomic mass is 32.1. The molecule has 0 saturated carbocycles. The Labute approximate surface area is 123 Å². The Morgan fingerprint density at radius 3 is 2.85 bits per heavy atom. The van der Waals surface area contributed by atoms with Crippen LogP contribution in [0.4, 0.5) is 10.8 Å². The molecule has 112 valence electrons. The van der Waals surface area contributed by atoms with Crippen LogP contribution in [0.5, 0.6) is 0 Å². The molecule has 1 saturated heterocycles. The zero-order chi connectivity index (χ0) is 14.5. The highest BCUT2D eigenvalue weighted by Crippen LogP contribution is 2.27. The molecule has 0 unspecified atom stereocenters. The van der Waals surface area contributed by atoms with E-state index in [2.05, 4.69) is 15.0 Å². The Bertz CT molecular complexity index is 455. The maximum atomic E-state index is 12.1. The second-order valence-electron chi connectivity index (χ2n) is 5.34. The van der Waals surface area contributed by atoms with Gasteiger partial charge >= 0.3 is 0 Å². The molecule has 1 aliphatic rings. The third-order valence-electron chi connectivity index (χ3n) is 3.26. The summed E-state index contributed by atoms with van der Waals surface area (Å²) in [6.07, 6.45) is 2.10. The molecular weight excluding hydrogens is 276 g/mol. The molecule has 0 bridgehead atoms. The van der Waals surface area contributed by atoms with E-state index in [4.69, 9.17) is 10.5 Å².